The van der Waals surface area contributed by atoms with Gasteiger partial charge in [-0.15, -0.1) is 11.3 Å². The number of hydrogen-bond acceptors (Lipinski definition) is 3. The number of carbonyl (C=O) groups excluding carboxylic acids is 1. The molecule has 0 amide bonds. The van der Waals surface area contributed by atoms with Crippen LogP contribution < -0.4 is 0 Å². The van der Waals surface area contributed by atoms with Crippen molar-refractivity contribution in [3.05, 3.63) is 33.1 Å². The number of aryl methyl sites for hydroxylation is 1. The number of ether oxygens (including phenoxy) is 1. The molecular formula is C13H13BrO2S. The normalized spacial score (nSPS) is 10.8. The fraction of sp³-hybridized carbons (Fsp3) is 0.308. The maximum Gasteiger partial charge on any atom is 0.348 e. The molecular weight excluding hydrogens is 300 g/mol. The first kappa shape index (κ1) is 12.6. The fourth-order valence-corrected chi connectivity index (χ4v) is 3.38. The minimum Gasteiger partial charge on any atom is -0.462 e. The van der Waals surface area contributed by atoms with Crippen molar-refractivity contribution in [2.24, 2.45) is 0 Å². The van der Waals surface area contributed by atoms with Gasteiger partial charge >= 0.3 is 5.97 Å². The van der Waals surface area contributed by atoms with Crippen LogP contribution in [0.3, 0.4) is 0 Å². The minimum absolute atomic E-state index is 0.237. The molecule has 0 atom stereocenters. The quantitative estimate of drug-likeness (QED) is 0.785. The van der Waals surface area contributed by atoms with Gasteiger partial charge in [0.15, 0.2) is 0 Å². The highest BCUT2D eigenvalue weighted by atomic mass is 79.9. The Hall–Kier alpha value is -0.870. The Morgan fingerprint density at radius 2 is 2.12 bits per heavy atom. The molecule has 0 aliphatic heterocycles. The predicted octanol–water partition coefficient (Wildman–Crippen LogP) is 4.40. The highest BCUT2D eigenvalue weighted by Gasteiger charge is 2.13. The highest BCUT2D eigenvalue weighted by molar-refractivity contribution is 9.10. The first-order valence-electron chi connectivity index (χ1n) is 5.54. The Morgan fingerprint density at radius 1 is 1.35 bits per heavy atom. The number of thiophene rings is 1. The Labute approximate surface area is 113 Å². The molecule has 1 aromatic heterocycles. The van der Waals surface area contributed by atoms with E-state index in [0.29, 0.717) is 11.5 Å². The minimum atomic E-state index is -0.237. The number of benzene rings is 1. The summed E-state index contributed by atoms with van der Waals surface area (Å²) < 4.78 is 7.16. The van der Waals surface area contributed by atoms with E-state index >= 15 is 0 Å². The topological polar surface area (TPSA) is 26.3 Å². The molecule has 0 radical (unpaired) electrons. The SMILES string of the molecule is CCOC(=O)c1cc2cc(CC)cc(Br)c2s1. The zero-order valence-corrected chi connectivity index (χ0v) is 12.2. The Balaban J connectivity index is 2.49. The first-order chi connectivity index (χ1) is 8.15. The van der Waals surface area contributed by atoms with Gasteiger partial charge in [0, 0.05) is 9.17 Å². The van der Waals surface area contributed by atoms with Crippen LogP contribution in [-0.2, 0) is 11.2 Å². The van der Waals surface area contributed by atoms with Crippen molar-refractivity contribution >= 4 is 43.3 Å². The van der Waals surface area contributed by atoms with E-state index in [4.69, 9.17) is 4.74 Å². The van der Waals surface area contributed by atoms with E-state index in [1.54, 1.807) is 0 Å². The zero-order chi connectivity index (χ0) is 12.4. The number of hydrogen-bond donors (Lipinski definition) is 0. The summed E-state index contributed by atoms with van der Waals surface area (Å²) >= 11 is 5.02. The Kier molecular flexibility index (Phi) is 3.84. The van der Waals surface area contributed by atoms with E-state index < -0.39 is 0 Å². The monoisotopic (exact) mass is 312 g/mol. The van der Waals surface area contributed by atoms with Crippen LogP contribution in [0.4, 0.5) is 0 Å². The van der Waals surface area contributed by atoms with Crippen LogP contribution in [0.1, 0.15) is 29.1 Å². The summed E-state index contributed by atoms with van der Waals surface area (Å²) in [5, 5.41) is 1.10. The van der Waals surface area contributed by atoms with Crippen molar-refractivity contribution in [3.63, 3.8) is 0 Å². The predicted molar refractivity (Wildman–Crippen MR) is 74.9 cm³/mol. The molecule has 0 bridgehead atoms. The fourth-order valence-electron chi connectivity index (χ4n) is 1.68. The van der Waals surface area contributed by atoms with Gasteiger partial charge in [0.25, 0.3) is 0 Å². The smallest absolute Gasteiger partial charge is 0.348 e. The molecule has 1 aromatic carbocycles. The largest absolute Gasteiger partial charge is 0.462 e. The molecule has 0 aliphatic carbocycles. The first-order valence-corrected chi connectivity index (χ1v) is 7.15. The van der Waals surface area contributed by atoms with Crippen LogP contribution in [-0.4, -0.2) is 12.6 Å². The summed E-state index contributed by atoms with van der Waals surface area (Å²) in [5.41, 5.74) is 1.26. The van der Waals surface area contributed by atoms with Gasteiger partial charge in [-0.05, 0) is 52.4 Å². The van der Waals surface area contributed by atoms with Gasteiger partial charge in [-0.1, -0.05) is 13.0 Å². The van der Waals surface area contributed by atoms with E-state index in [2.05, 4.69) is 35.0 Å². The van der Waals surface area contributed by atoms with E-state index in [1.165, 1.54) is 16.9 Å². The summed E-state index contributed by atoms with van der Waals surface area (Å²) in [5.74, 6) is -0.237. The van der Waals surface area contributed by atoms with Gasteiger partial charge in [-0.2, -0.15) is 0 Å². The molecule has 0 N–H and O–H groups in total. The average Bonchev–Trinajstić information content (AvgIpc) is 2.73. The molecule has 2 nitrogen and oxygen atoms in total. The van der Waals surface area contributed by atoms with Crippen molar-refractivity contribution in [1.29, 1.82) is 0 Å². The number of rotatable bonds is 3. The molecule has 2 rings (SSSR count). The van der Waals surface area contributed by atoms with Crippen LogP contribution in [0.5, 0.6) is 0 Å². The maximum absolute atomic E-state index is 11.7. The van der Waals surface area contributed by atoms with E-state index in [-0.39, 0.29) is 5.97 Å². The summed E-state index contributed by atoms with van der Waals surface area (Å²) in [4.78, 5) is 12.3. The standard InChI is InChI=1S/C13H13BrO2S/c1-3-8-5-9-7-11(13(15)16-4-2)17-12(9)10(14)6-8/h5-7H,3-4H2,1-2H3. The van der Waals surface area contributed by atoms with Gasteiger partial charge in [0.05, 0.1) is 6.61 Å². The van der Waals surface area contributed by atoms with Crippen LogP contribution in [0.15, 0.2) is 22.7 Å². The van der Waals surface area contributed by atoms with Crippen molar-refractivity contribution in [3.8, 4) is 0 Å². The van der Waals surface area contributed by atoms with Gasteiger partial charge in [0.2, 0.25) is 0 Å². The molecule has 90 valence electrons. The highest BCUT2D eigenvalue weighted by Crippen LogP contribution is 2.33. The molecule has 0 fully saturated rings. The second-order valence-corrected chi connectivity index (χ2v) is 5.59. The lowest BCUT2D eigenvalue weighted by molar-refractivity contribution is 0.0532. The van der Waals surface area contributed by atoms with E-state index in [1.807, 2.05) is 13.0 Å². The van der Waals surface area contributed by atoms with Gasteiger partial charge in [-0.25, -0.2) is 4.79 Å². The molecule has 0 unspecified atom stereocenters. The van der Waals surface area contributed by atoms with Crippen molar-refractivity contribution in [2.75, 3.05) is 6.61 Å². The molecule has 17 heavy (non-hydrogen) atoms. The van der Waals surface area contributed by atoms with Crippen molar-refractivity contribution < 1.29 is 9.53 Å². The lowest BCUT2D eigenvalue weighted by atomic mass is 10.1. The van der Waals surface area contributed by atoms with Gasteiger partial charge in [0.1, 0.15) is 4.88 Å². The number of esters is 1. The third-order valence-corrected chi connectivity index (χ3v) is 4.57. The molecule has 0 spiro atoms. The third kappa shape index (κ3) is 2.53. The van der Waals surface area contributed by atoms with E-state index in [9.17, 15) is 4.79 Å². The van der Waals surface area contributed by atoms with Gasteiger partial charge < -0.3 is 4.74 Å². The molecule has 0 saturated heterocycles. The zero-order valence-electron chi connectivity index (χ0n) is 9.75. The third-order valence-electron chi connectivity index (χ3n) is 2.52. The number of halogens is 1. The van der Waals surface area contributed by atoms with Crippen LogP contribution in [0, 0.1) is 0 Å². The Morgan fingerprint density at radius 3 is 2.76 bits per heavy atom. The molecule has 4 heteroatoms. The second kappa shape index (κ2) is 5.19. The van der Waals surface area contributed by atoms with Crippen molar-refractivity contribution in [2.45, 2.75) is 20.3 Å². The molecule has 1 heterocycles. The summed E-state index contributed by atoms with van der Waals surface area (Å²) in [6, 6.07) is 6.13. The Bertz CT molecular complexity index is 560. The maximum atomic E-state index is 11.7. The van der Waals surface area contributed by atoms with Crippen LogP contribution in [0.2, 0.25) is 0 Å². The molecule has 2 aromatic rings. The number of fused-ring (bicyclic) bond motifs is 1. The van der Waals surface area contributed by atoms with Crippen LogP contribution >= 0.6 is 27.3 Å². The van der Waals surface area contributed by atoms with Crippen molar-refractivity contribution in [1.82, 2.24) is 0 Å². The molecule has 0 saturated carbocycles. The summed E-state index contributed by atoms with van der Waals surface area (Å²) in [6.45, 7) is 4.34. The van der Waals surface area contributed by atoms with E-state index in [0.717, 1.165) is 21.0 Å². The lowest BCUT2D eigenvalue weighted by Crippen LogP contribution is -2.01. The van der Waals surface area contributed by atoms with Crippen LogP contribution in [0.25, 0.3) is 10.1 Å². The molecule has 0 aliphatic rings. The lowest BCUT2D eigenvalue weighted by Gasteiger charge is -1.98. The summed E-state index contributed by atoms with van der Waals surface area (Å²) in [6.07, 6.45) is 0.985. The second-order valence-electron chi connectivity index (χ2n) is 3.68. The van der Waals surface area contributed by atoms with Gasteiger partial charge in [-0.3, -0.25) is 0 Å². The number of carbonyl (C=O) groups is 1. The summed E-state index contributed by atoms with van der Waals surface area (Å²) in [7, 11) is 0. The average molecular weight is 313 g/mol.